The average Bonchev–Trinajstić information content (AvgIpc) is 2.21. The van der Waals surface area contributed by atoms with E-state index >= 15 is 0 Å². The molecular weight excluding hydrogens is 248 g/mol. The maximum atomic E-state index is 14.5. The van der Waals surface area contributed by atoms with E-state index < -0.39 is 11.3 Å². The van der Waals surface area contributed by atoms with E-state index in [4.69, 9.17) is 4.74 Å². The Bertz CT molecular complexity index is 317. The van der Waals surface area contributed by atoms with Gasteiger partial charge in [-0.1, -0.05) is 20.8 Å². The van der Waals surface area contributed by atoms with Crippen LogP contribution >= 0.6 is 0 Å². The van der Waals surface area contributed by atoms with Crippen molar-refractivity contribution in [1.29, 1.82) is 0 Å². The lowest BCUT2D eigenvalue weighted by Gasteiger charge is -2.47. The van der Waals surface area contributed by atoms with Crippen LogP contribution in [0.5, 0.6) is 0 Å². The number of hydrogen-bond donors (Lipinski definition) is 0. The second-order valence-corrected chi connectivity index (χ2v) is 7.30. The lowest BCUT2D eigenvalue weighted by atomic mass is 9.78. The van der Waals surface area contributed by atoms with E-state index in [1.165, 1.54) is 0 Å². The summed E-state index contributed by atoms with van der Waals surface area (Å²) in [7, 11) is 1.92. The highest BCUT2D eigenvalue weighted by atomic mass is 19.1. The Kier molecular flexibility index (Phi) is 4.22. The molecular formula is C15H27F2NO. The van der Waals surface area contributed by atoms with Gasteiger partial charge in [0.2, 0.25) is 0 Å². The Labute approximate surface area is 115 Å². The summed E-state index contributed by atoms with van der Waals surface area (Å²) in [6, 6.07) is 0. The molecule has 19 heavy (non-hydrogen) atoms. The number of ether oxygens (including phenoxy) is 1. The third-order valence-electron chi connectivity index (χ3n) is 4.29. The quantitative estimate of drug-likeness (QED) is 0.738. The summed E-state index contributed by atoms with van der Waals surface area (Å²) in [5.74, 6) is 0.505. The number of rotatable bonds is 6. The average molecular weight is 275 g/mol. The zero-order chi connectivity index (χ0) is 14.3. The van der Waals surface area contributed by atoms with Gasteiger partial charge in [0.15, 0.2) is 5.67 Å². The van der Waals surface area contributed by atoms with E-state index in [-0.39, 0.29) is 18.6 Å². The minimum atomic E-state index is -1.18. The fourth-order valence-corrected chi connectivity index (χ4v) is 3.65. The molecule has 2 heterocycles. The van der Waals surface area contributed by atoms with E-state index in [1.807, 2.05) is 32.7 Å². The predicted octanol–water partition coefficient (Wildman–Crippen LogP) is 3.21. The van der Waals surface area contributed by atoms with Gasteiger partial charge in [-0.2, -0.15) is 0 Å². The number of halogens is 2. The van der Waals surface area contributed by atoms with Crippen LogP contribution in [0.25, 0.3) is 0 Å². The van der Waals surface area contributed by atoms with Crippen molar-refractivity contribution in [2.24, 2.45) is 11.8 Å². The summed E-state index contributed by atoms with van der Waals surface area (Å²) in [5, 5.41) is 0. The Hall–Kier alpha value is -0.220. The Morgan fingerprint density at radius 1 is 1.21 bits per heavy atom. The molecule has 0 radical (unpaired) electrons. The zero-order valence-electron chi connectivity index (χ0n) is 12.6. The van der Waals surface area contributed by atoms with E-state index in [1.54, 1.807) is 0 Å². The molecule has 4 heteroatoms. The number of nitrogens with zero attached hydrogens (tertiary/aromatic N) is 1. The summed E-state index contributed by atoms with van der Waals surface area (Å²) in [4.78, 5) is 1.98. The van der Waals surface area contributed by atoms with Crippen LogP contribution in [0.15, 0.2) is 0 Å². The van der Waals surface area contributed by atoms with E-state index in [2.05, 4.69) is 0 Å². The minimum Gasteiger partial charge on any atom is -0.371 e. The number of alkyl halides is 2. The second-order valence-electron chi connectivity index (χ2n) is 7.30. The van der Waals surface area contributed by atoms with Gasteiger partial charge in [-0.15, -0.1) is 0 Å². The fraction of sp³-hybridized carbons (Fsp3) is 1.00. The van der Waals surface area contributed by atoms with Gasteiger partial charge in [0, 0.05) is 13.1 Å². The van der Waals surface area contributed by atoms with Crippen LogP contribution in [-0.4, -0.2) is 49.1 Å². The molecule has 2 rings (SSSR count). The molecule has 0 bridgehead atoms. The van der Waals surface area contributed by atoms with Gasteiger partial charge in [0.05, 0.1) is 12.7 Å². The van der Waals surface area contributed by atoms with Gasteiger partial charge in [-0.3, -0.25) is 4.90 Å². The molecule has 0 saturated carbocycles. The lowest BCUT2D eigenvalue weighted by Crippen LogP contribution is -2.59. The summed E-state index contributed by atoms with van der Waals surface area (Å²) in [6.45, 7) is 7.30. The van der Waals surface area contributed by atoms with E-state index in [9.17, 15) is 8.78 Å². The monoisotopic (exact) mass is 275 g/mol. The molecule has 0 spiro atoms. The van der Waals surface area contributed by atoms with Crippen molar-refractivity contribution in [3.05, 3.63) is 0 Å². The van der Waals surface area contributed by atoms with E-state index in [0.29, 0.717) is 38.3 Å². The van der Waals surface area contributed by atoms with Crippen LogP contribution in [0.3, 0.4) is 0 Å². The molecule has 2 saturated heterocycles. The number of likely N-dealkylation sites (tertiary alicyclic amines) is 1. The Morgan fingerprint density at radius 3 is 2.26 bits per heavy atom. The molecule has 0 N–H and O–H groups in total. The summed E-state index contributed by atoms with van der Waals surface area (Å²) in [5.41, 5.74) is -2.24. The molecule has 2 aliphatic rings. The van der Waals surface area contributed by atoms with Gasteiger partial charge < -0.3 is 4.74 Å². The zero-order valence-corrected chi connectivity index (χ0v) is 12.6. The van der Waals surface area contributed by atoms with Crippen molar-refractivity contribution >= 4 is 0 Å². The highest BCUT2D eigenvalue weighted by Gasteiger charge is 2.50. The molecule has 0 aliphatic carbocycles. The summed E-state index contributed by atoms with van der Waals surface area (Å²) in [6.07, 6.45) is 1.38. The Morgan fingerprint density at radius 2 is 1.84 bits per heavy atom. The molecule has 0 aromatic rings. The molecule has 3 atom stereocenters. The highest BCUT2D eigenvalue weighted by molar-refractivity contribution is 5.00. The van der Waals surface area contributed by atoms with Crippen LogP contribution < -0.4 is 0 Å². The SMILES string of the molecule is CC(C)CC1(F)COC1CC(C)CC1(F)CN(C)C1. The van der Waals surface area contributed by atoms with Crippen molar-refractivity contribution in [3.63, 3.8) is 0 Å². The maximum absolute atomic E-state index is 14.5. The molecule has 112 valence electrons. The van der Waals surface area contributed by atoms with Crippen molar-refractivity contribution in [3.8, 4) is 0 Å². The summed E-state index contributed by atoms with van der Waals surface area (Å²) >= 11 is 0. The largest absolute Gasteiger partial charge is 0.371 e. The van der Waals surface area contributed by atoms with Gasteiger partial charge in [0.1, 0.15) is 5.67 Å². The minimum absolute atomic E-state index is 0.172. The van der Waals surface area contributed by atoms with Crippen LogP contribution in [-0.2, 0) is 4.74 Å². The van der Waals surface area contributed by atoms with Crippen molar-refractivity contribution in [1.82, 2.24) is 4.90 Å². The van der Waals surface area contributed by atoms with Crippen LogP contribution in [0, 0.1) is 11.8 Å². The third kappa shape index (κ3) is 3.46. The van der Waals surface area contributed by atoms with Gasteiger partial charge in [-0.05, 0) is 38.1 Å². The molecule has 0 aromatic carbocycles. The molecule has 3 unspecified atom stereocenters. The van der Waals surface area contributed by atoms with E-state index in [0.717, 1.165) is 0 Å². The molecule has 2 aliphatic heterocycles. The third-order valence-corrected chi connectivity index (χ3v) is 4.29. The maximum Gasteiger partial charge on any atom is 0.160 e. The number of hydrogen-bond acceptors (Lipinski definition) is 2. The molecule has 2 nitrogen and oxygen atoms in total. The van der Waals surface area contributed by atoms with Crippen LogP contribution in [0.4, 0.5) is 8.78 Å². The summed E-state index contributed by atoms with van der Waals surface area (Å²) < 4.78 is 34.1. The Balaban J connectivity index is 1.78. The fourth-order valence-electron chi connectivity index (χ4n) is 3.65. The first-order valence-corrected chi connectivity index (χ1v) is 7.40. The molecule has 0 amide bonds. The van der Waals surface area contributed by atoms with Gasteiger partial charge >= 0.3 is 0 Å². The first-order valence-electron chi connectivity index (χ1n) is 7.40. The first-order chi connectivity index (χ1) is 8.72. The molecule has 0 aromatic heterocycles. The van der Waals surface area contributed by atoms with Gasteiger partial charge in [0.25, 0.3) is 0 Å². The topological polar surface area (TPSA) is 12.5 Å². The van der Waals surface area contributed by atoms with Crippen LogP contribution in [0.1, 0.15) is 40.0 Å². The standard InChI is InChI=1S/C15H27F2NO/c1-11(2)6-15(17)10-19-13(15)5-12(3)7-14(16)8-18(4)9-14/h11-13H,5-10H2,1-4H3. The van der Waals surface area contributed by atoms with Crippen LogP contribution in [0.2, 0.25) is 0 Å². The predicted molar refractivity (Wildman–Crippen MR) is 72.8 cm³/mol. The van der Waals surface area contributed by atoms with Crippen molar-refractivity contribution in [2.75, 3.05) is 26.7 Å². The normalized spacial score (nSPS) is 35.8. The highest BCUT2D eigenvalue weighted by Crippen LogP contribution is 2.41. The van der Waals surface area contributed by atoms with Gasteiger partial charge in [-0.25, -0.2) is 8.78 Å². The van der Waals surface area contributed by atoms with Crippen molar-refractivity contribution in [2.45, 2.75) is 57.5 Å². The smallest absolute Gasteiger partial charge is 0.160 e. The lowest BCUT2D eigenvalue weighted by molar-refractivity contribution is -0.211. The molecule has 2 fully saturated rings. The van der Waals surface area contributed by atoms with Crippen molar-refractivity contribution < 1.29 is 13.5 Å². The first kappa shape index (κ1) is 15.2. The second kappa shape index (κ2) is 5.28.